The second kappa shape index (κ2) is 36.4. The molecule has 6 atom stereocenters. The predicted octanol–water partition coefficient (Wildman–Crippen LogP) is 9.42. The third kappa shape index (κ3) is 29.9. The van der Waals surface area contributed by atoms with Crippen LogP contribution in [0.25, 0.3) is 0 Å². The molecule has 1 unspecified atom stereocenters. The number of rotatable bonds is 36. The van der Waals surface area contributed by atoms with Crippen LogP contribution in [0, 0.1) is 11.8 Å². The van der Waals surface area contributed by atoms with Crippen molar-refractivity contribution in [2.75, 3.05) is 26.4 Å². The number of carbonyl (C=O) groups excluding carboxylic acids is 3. The third-order valence-electron chi connectivity index (χ3n) is 9.64. The molecule has 0 bridgehead atoms. The molecule has 0 saturated heterocycles. The molecule has 60 heavy (non-hydrogen) atoms. The summed E-state index contributed by atoms with van der Waals surface area (Å²) in [5.74, 6) is -1.85. The summed E-state index contributed by atoms with van der Waals surface area (Å²) in [6.07, 6.45) is 39.8. The van der Waals surface area contributed by atoms with Crippen LogP contribution in [-0.2, 0) is 37.5 Å². The number of ether oxygens (including phenoxy) is 2. The van der Waals surface area contributed by atoms with E-state index >= 15 is 0 Å². The number of allylic oxidation sites excluding steroid dienone is 13. The van der Waals surface area contributed by atoms with Crippen LogP contribution in [0.15, 0.2) is 85.1 Å². The van der Waals surface area contributed by atoms with Gasteiger partial charge in [-0.2, -0.15) is 0 Å². The maximum absolute atomic E-state index is 12.7. The van der Waals surface area contributed by atoms with Gasteiger partial charge in [-0.25, -0.2) is 4.57 Å². The molecule has 13 heteroatoms. The Morgan fingerprint density at radius 1 is 0.783 bits per heavy atom. The number of aliphatic hydroxyl groups is 2. The number of Topliss-reactive ketones (excluding diaryl/α,β-unsaturated/α-hetero) is 1. The first kappa shape index (κ1) is 54.8. The van der Waals surface area contributed by atoms with Crippen molar-refractivity contribution in [2.24, 2.45) is 17.6 Å². The highest BCUT2D eigenvalue weighted by molar-refractivity contribution is 7.47. The van der Waals surface area contributed by atoms with Crippen molar-refractivity contribution in [3.63, 3.8) is 0 Å². The molecule has 0 aromatic heterocycles. The lowest BCUT2D eigenvalue weighted by Crippen LogP contribution is -2.29. The Morgan fingerprint density at radius 3 is 2.05 bits per heavy atom. The molecule has 1 fully saturated rings. The van der Waals surface area contributed by atoms with Crippen molar-refractivity contribution in [3.8, 4) is 0 Å². The van der Waals surface area contributed by atoms with E-state index in [1.54, 1.807) is 12.2 Å². The van der Waals surface area contributed by atoms with E-state index in [0.29, 0.717) is 32.1 Å². The first-order chi connectivity index (χ1) is 29.0. The summed E-state index contributed by atoms with van der Waals surface area (Å²) in [7, 11) is -4.47. The summed E-state index contributed by atoms with van der Waals surface area (Å²) in [5.41, 5.74) is 5.34. The molecule has 0 heterocycles. The number of unbranched alkanes of at least 4 members (excludes halogenated alkanes) is 6. The average molecular weight is 862 g/mol. The van der Waals surface area contributed by atoms with E-state index in [4.69, 9.17) is 24.3 Å². The van der Waals surface area contributed by atoms with Gasteiger partial charge in [0.15, 0.2) is 6.10 Å². The quantitative estimate of drug-likeness (QED) is 0.0202. The van der Waals surface area contributed by atoms with Gasteiger partial charge in [-0.1, -0.05) is 125 Å². The van der Waals surface area contributed by atoms with Crippen LogP contribution >= 0.6 is 7.82 Å². The molecule has 0 spiro atoms. The summed E-state index contributed by atoms with van der Waals surface area (Å²) in [4.78, 5) is 47.6. The number of phosphoric acid groups is 1. The van der Waals surface area contributed by atoms with E-state index in [-0.39, 0.29) is 50.7 Å². The van der Waals surface area contributed by atoms with Crippen molar-refractivity contribution in [2.45, 2.75) is 154 Å². The van der Waals surface area contributed by atoms with Crippen molar-refractivity contribution < 1.29 is 52.6 Å². The number of hydrogen-bond acceptors (Lipinski definition) is 11. The van der Waals surface area contributed by atoms with Gasteiger partial charge < -0.3 is 30.3 Å². The van der Waals surface area contributed by atoms with Crippen molar-refractivity contribution in [3.05, 3.63) is 85.1 Å². The fourth-order valence-corrected chi connectivity index (χ4v) is 7.05. The zero-order valence-electron chi connectivity index (χ0n) is 36.4. The summed E-state index contributed by atoms with van der Waals surface area (Å²) < 4.78 is 32.7. The van der Waals surface area contributed by atoms with Crippen LogP contribution in [0.3, 0.4) is 0 Å². The van der Waals surface area contributed by atoms with Gasteiger partial charge in [0.05, 0.1) is 25.4 Å². The van der Waals surface area contributed by atoms with E-state index in [1.165, 1.54) is 0 Å². The summed E-state index contributed by atoms with van der Waals surface area (Å²) in [5, 5.41) is 20.7. The van der Waals surface area contributed by atoms with Gasteiger partial charge in [-0.15, -0.1) is 0 Å². The van der Waals surface area contributed by atoms with Crippen LogP contribution < -0.4 is 5.73 Å². The zero-order valence-corrected chi connectivity index (χ0v) is 37.3. The van der Waals surface area contributed by atoms with E-state index < -0.39 is 50.6 Å². The number of carbonyl (C=O) groups is 3. The number of hydrogen-bond donors (Lipinski definition) is 4. The van der Waals surface area contributed by atoms with Crippen molar-refractivity contribution >= 4 is 25.5 Å². The Hall–Kier alpha value is -3.22. The van der Waals surface area contributed by atoms with E-state index in [2.05, 4.69) is 74.6 Å². The van der Waals surface area contributed by atoms with Gasteiger partial charge in [0.1, 0.15) is 12.4 Å². The zero-order chi connectivity index (χ0) is 44.1. The minimum Gasteiger partial charge on any atom is -0.462 e. The number of nitrogens with two attached hydrogens (primary N) is 1. The summed E-state index contributed by atoms with van der Waals surface area (Å²) >= 11 is 0. The fourth-order valence-electron chi connectivity index (χ4n) is 6.29. The lowest BCUT2D eigenvalue weighted by atomic mass is 9.90. The standard InChI is InChI=1S/C47H76NO11P/c1-3-5-7-8-9-10-11-12-13-14-15-16-17-18-19-20-21-22-27-31-46(52)56-38-41(39-58-60(54,55)57-36-35-48)59-47(53)32-28-24-23-26-30-42-43(45(51)37-44(42)50)34-33-40(49)29-25-6-4-2/h5,7,9-10,12-13,15-16,18-19,23,26,33-34,40-44,49-50H,3-4,6,8,11,14,17,20-22,24-25,27-32,35-39,48H2,1-2H3,(H,54,55)/b7-5-,10-9-,13-12-,16-15-,19-18-,26-23-,34-33+/t40-,41+,42+,43+,44-/m0/s1. The summed E-state index contributed by atoms with van der Waals surface area (Å²) in [6, 6.07) is 0. The molecule has 0 aromatic carbocycles. The van der Waals surface area contributed by atoms with Gasteiger partial charge in [0, 0.05) is 37.6 Å². The maximum atomic E-state index is 12.7. The van der Waals surface area contributed by atoms with Crippen LogP contribution in [0.2, 0.25) is 0 Å². The number of ketones is 1. The monoisotopic (exact) mass is 862 g/mol. The second-order valence-corrected chi connectivity index (χ2v) is 16.4. The topological polar surface area (TPSA) is 192 Å². The van der Waals surface area contributed by atoms with Crippen molar-refractivity contribution in [1.29, 1.82) is 0 Å². The Kier molecular flexibility index (Phi) is 33.3. The third-order valence-corrected chi connectivity index (χ3v) is 10.6. The first-order valence-electron chi connectivity index (χ1n) is 22.2. The Labute approximate surface area is 360 Å². The molecule has 1 rings (SSSR count). The van der Waals surface area contributed by atoms with Gasteiger partial charge >= 0.3 is 19.8 Å². The van der Waals surface area contributed by atoms with E-state index in [1.807, 2.05) is 12.2 Å². The highest BCUT2D eigenvalue weighted by Crippen LogP contribution is 2.43. The molecular formula is C47H76NO11P. The van der Waals surface area contributed by atoms with Crippen LogP contribution in [0.5, 0.6) is 0 Å². The van der Waals surface area contributed by atoms with Gasteiger partial charge in [0.2, 0.25) is 0 Å². The molecule has 5 N–H and O–H groups in total. The molecule has 12 nitrogen and oxygen atoms in total. The molecule has 0 radical (unpaired) electrons. The molecule has 1 aliphatic carbocycles. The molecular weight excluding hydrogens is 785 g/mol. The Balaban J connectivity index is 2.43. The number of aliphatic hydroxyl groups excluding tert-OH is 2. The average Bonchev–Trinajstić information content (AvgIpc) is 3.49. The van der Waals surface area contributed by atoms with Gasteiger partial charge in [-0.05, 0) is 77.0 Å². The number of phosphoric ester groups is 1. The lowest BCUT2D eigenvalue weighted by Gasteiger charge is -2.19. The minimum atomic E-state index is -4.47. The van der Waals surface area contributed by atoms with Crippen LogP contribution in [0.4, 0.5) is 0 Å². The summed E-state index contributed by atoms with van der Waals surface area (Å²) in [6.45, 7) is 3.14. The Morgan fingerprint density at radius 2 is 1.40 bits per heavy atom. The fraction of sp³-hybridized carbons (Fsp3) is 0.638. The minimum absolute atomic E-state index is 0.00101. The van der Waals surface area contributed by atoms with Crippen LogP contribution in [-0.4, -0.2) is 77.5 Å². The van der Waals surface area contributed by atoms with E-state index in [0.717, 1.165) is 70.6 Å². The largest absolute Gasteiger partial charge is 0.472 e. The van der Waals surface area contributed by atoms with Gasteiger partial charge in [0.25, 0.3) is 0 Å². The molecule has 0 aliphatic heterocycles. The smallest absolute Gasteiger partial charge is 0.462 e. The molecule has 0 amide bonds. The Bertz CT molecular complexity index is 1420. The molecule has 340 valence electrons. The lowest BCUT2D eigenvalue weighted by molar-refractivity contribution is -0.161. The first-order valence-corrected chi connectivity index (χ1v) is 23.7. The maximum Gasteiger partial charge on any atom is 0.472 e. The van der Waals surface area contributed by atoms with Crippen molar-refractivity contribution in [1.82, 2.24) is 0 Å². The molecule has 1 saturated carbocycles. The number of esters is 2. The normalized spacial score (nSPS) is 19.6. The highest BCUT2D eigenvalue weighted by Gasteiger charge is 2.39. The SMILES string of the molecule is CC/C=C\C/C=C\C/C=C\C/C=C\C/C=C\CCCCCC(=O)OC[C@H](COP(=O)(O)OCCN)OC(=O)CCC/C=C\C[C@H]1[C@@H](O)CC(=O)[C@@H]1/C=C/[C@@H](O)CCCCC. The predicted molar refractivity (Wildman–Crippen MR) is 239 cm³/mol. The highest BCUT2D eigenvalue weighted by atomic mass is 31.2. The van der Waals surface area contributed by atoms with Crippen LogP contribution in [0.1, 0.15) is 136 Å². The molecule has 1 aliphatic rings. The van der Waals surface area contributed by atoms with E-state index in [9.17, 15) is 34.1 Å². The molecule has 0 aromatic rings. The second-order valence-electron chi connectivity index (χ2n) is 15.0. The van der Waals surface area contributed by atoms with Gasteiger partial charge in [-0.3, -0.25) is 23.4 Å².